The Morgan fingerprint density at radius 3 is 2.84 bits per heavy atom. The van der Waals surface area contributed by atoms with Crippen molar-refractivity contribution in [2.24, 2.45) is 0 Å². The maximum atomic E-state index is 11.6. The number of hydrogen-bond donors (Lipinski definition) is 2. The van der Waals surface area contributed by atoms with Crippen molar-refractivity contribution in [1.29, 1.82) is 0 Å². The van der Waals surface area contributed by atoms with Gasteiger partial charge in [-0.15, -0.1) is 6.58 Å². The van der Waals surface area contributed by atoms with Gasteiger partial charge < -0.3 is 15.2 Å². The Bertz CT molecular complexity index is 501. The van der Waals surface area contributed by atoms with E-state index in [4.69, 9.17) is 9.84 Å². The first kappa shape index (κ1) is 15.2. The second-order valence-corrected chi connectivity index (χ2v) is 4.66. The van der Waals surface area contributed by atoms with Gasteiger partial charge in [0.05, 0.1) is 0 Å². The molecule has 19 heavy (non-hydrogen) atoms. The van der Waals surface area contributed by atoms with Crippen molar-refractivity contribution in [2.45, 2.75) is 13.0 Å². The van der Waals surface area contributed by atoms with Crippen molar-refractivity contribution < 1.29 is 19.4 Å². The quantitative estimate of drug-likeness (QED) is 0.785. The van der Waals surface area contributed by atoms with Crippen LogP contribution in [0.1, 0.15) is 17.3 Å². The van der Waals surface area contributed by atoms with E-state index in [9.17, 15) is 9.59 Å². The van der Waals surface area contributed by atoms with Crippen LogP contribution in [0.3, 0.4) is 0 Å². The van der Waals surface area contributed by atoms with Crippen LogP contribution < -0.4 is 10.1 Å². The fourth-order valence-electron chi connectivity index (χ4n) is 1.33. The van der Waals surface area contributed by atoms with Crippen molar-refractivity contribution >= 4 is 27.8 Å². The van der Waals surface area contributed by atoms with Crippen LogP contribution in [-0.2, 0) is 4.79 Å². The Labute approximate surface area is 119 Å². The first-order valence-electron chi connectivity index (χ1n) is 5.53. The lowest BCUT2D eigenvalue weighted by Crippen LogP contribution is -2.36. The Morgan fingerprint density at radius 1 is 1.58 bits per heavy atom. The molecule has 2 N–H and O–H groups in total. The molecule has 0 bridgehead atoms. The Hall–Kier alpha value is -1.82. The molecule has 1 aromatic rings. The number of halogens is 1. The highest BCUT2D eigenvalue weighted by Gasteiger charge is 2.18. The number of amides is 1. The number of carbonyl (C=O) groups excluding carboxylic acids is 1. The third kappa shape index (κ3) is 4.40. The Kier molecular flexibility index (Phi) is 5.57. The van der Waals surface area contributed by atoms with Crippen LogP contribution in [0.2, 0.25) is 0 Å². The monoisotopic (exact) mass is 327 g/mol. The molecule has 0 saturated heterocycles. The van der Waals surface area contributed by atoms with E-state index in [-0.39, 0.29) is 17.2 Å². The maximum absolute atomic E-state index is 11.6. The van der Waals surface area contributed by atoms with E-state index in [0.717, 1.165) is 0 Å². The number of benzene rings is 1. The molecule has 1 rings (SSSR count). The van der Waals surface area contributed by atoms with Crippen LogP contribution >= 0.6 is 15.9 Å². The summed E-state index contributed by atoms with van der Waals surface area (Å²) < 4.78 is 6.00. The molecule has 0 heterocycles. The second kappa shape index (κ2) is 6.94. The molecule has 0 aliphatic rings. The molecular weight excluding hydrogens is 314 g/mol. The van der Waals surface area contributed by atoms with Gasteiger partial charge in [-0.05, 0) is 25.1 Å². The average molecular weight is 328 g/mol. The number of carbonyl (C=O) groups is 2. The number of nitrogens with one attached hydrogen (secondary N) is 1. The predicted octanol–water partition coefficient (Wildman–Crippen LogP) is 2.22. The minimum Gasteiger partial charge on any atom is -0.480 e. The number of hydrogen-bond acceptors (Lipinski definition) is 3. The second-order valence-electron chi connectivity index (χ2n) is 3.74. The Morgan fingerprint density at radius 2 is 2.26 bits per heavy atom. The first-order chi connectivity index (χ1) is 8.95. The summed E-state index contributed by atoms with van der Waals surface area (Å²) in [5, 5.41) is 11.6. The van der Waals surface area contributed by atoms with Crippen LogP contribution in [0.5, 0.6) is 5.75 Å². The Balaban J connectivity index is 2.84. The first-order valence-corrected chi connectivity index (χ1v) is 6.33. The molecule has 5 nitrogen and oxygen atoms in total. The maximum Gasteiger partial charge on any atom is 0.339 e. The molecule has 1 aromatic carbocycles. The summed E-state index contributed by atoms with van der Waals surface area (Å²) in [5.74, 6) is -1.30. The molecule has 0 aromatic heterocycles. The van der Waals surface area contributed by atoms with E-state index in [1.165, 1.54) is 12.1 Å². The lowest BCUT2D eigenvalue weighted by Gasteiger charge is -2.15. The van der Waals surface area contributed by atoms with E-state index in [2.05, 4.69) is 27.8 Å². The molecule has 0 fully saturated rings. The summed E-state index contributed by atoms with van der Waals surface area (Å²) in [6, 6.07) is 4.58. The molecule has 6 heteroatoms. The molecule has 0 radical (unpaired) electrons. The molecule has 0 saturated carbocycles. The number of rotatable bonds is 6. The predicted molar refractivity (Wildman–Crippen MR) is 74.4 cm³/mol. The molecule has 0 aliphatic carbocycles. The average Bonchev–Trinajstić information content (AvgIpc) is 2.37. The fraction of sp³-hybridized carbons (Fsp3) is 0.231. The lowest BCUT2D eigenvalue weighted by molar-refractivity contribution is -0.127. The topological polar surface area (TPSA) is 75.6 Å². The van der Waals surface area contributed by atoms with Gasteiger partial charge in [0.15, 0.2) is 6.10 Å². The van der Waals surface area contributed by atoms with E-state index in [0.29, 0.717) is 11.0 Å². The van der Waals surface area contributed by atoms with Crippen molar-refractivity contribution in [3.05, 3.63) is 40.9 Å². The van der Waals surface area contributed by atoms with Gasteiger partial charge in [0.25, 0.3) is 5.91 Å². The summed E-state index contributed by atoms with van der Waals surface area (Å²) in [6.07, 6.45) is 0.756. The van der Waals surface area contributed by atoms with Crippen LogP contribution in [0.25, 0.3) is 0 Å². The molecule has 1 atom stereocenters. The van der Waals surface area contributed by atoms with Crippen molar-refractivity contribution in [2.75, 3.05) is 6.54 Å². The van der Waals surface area contributed by atoms with Gasteiger partial charge in [0.2, 0.25) is 0 Å². The molecular formula is C13H14BrNO4. The molecule has 0 spiro atoms. The minimum atomic E-state index is -1.12. The lowest BCUT2D eigenvalue weighted by atomic mass is 10.2. The van der Waals surface area contributed by atoms with Crippen LogP contribution in [-0.4, -0.2) is 29.6 Å². The number of ether oxygens (including phenoxy) is 1. The van der Waals surface area contributed by atoms with E-state index in [1.807, 2.05) is 0 Å². The highest BCUT2D eigenvalue weighted by Crippen LogP contribution is 2.24. The van der Waals surface area contributed by atoms with Crippen molar-refractivity contribution in [3.63, 3.8) is 0 Å². The van der Waals surface area contributed by atoms with Gasteiger partial charge in [-0.2, -0.15) is 0 Å². The minimum absolute atomic E-state index is 0.00209. The highest BCUT2D eigenvalue weighted by molar-refractivity contribution is 9.10. The summed E-state index contributed by atoms with van der Waals surface area (Å²) >= 11 is 3.18. The normalized spacial score (nSPS) is 11.5. The summed E-state index contributed by atoms with van der Waals surface area (Å²) in [7, 11) is 0. The van der Waals surface area contributed by atoms with Crippen molar-refractivity contribution in [3.8, 4) is 5.75 Å². The van der Waals surface area contributed by atoms with Gasteiger partial charge in [0, 0.05) is 11.0 Å². The van der Waals surface area contributed by atoms with Gasteiger partial charge in [-0.1, -0.05) is 22.0 Å². The SMILES string of the molecule is C=CCNC(=O)C(C)Oc1ccc(Br)cc1C(=O)O. The molecule has 102 valence electrons. The highest BCUT2D eigenvalue weighted by atomic mass is 79.9. The molecule has 1 unspecified atom stereocenters. The third-order valence-electron chi connectivity index (χ3n) is 2.27. The van der Waals surface area contributed by atoms with Gasteiger partial charge in [0.1, 0.15) is 11.3 Å². The van der Waals surface area contributed by atoms with Crippen molar-refractivity contribution in [1.82, 2.24) is 5.32 Å². The smallest absolute Gasteiger partial charge is 0.339 e. The van der Waals surface area contributed by atoms with Gasteiger partial charge >= 0.3 is 5.97 Å². The summed E-state index contributed by atoms with van der Waals surface area (Å²) in [4.78, 5) is 22.7. The standard InChI is InChI=1S/C13H14BrNO4/c1-3-6-15-12(16)8(2)19-11-5-4-9(14)7-10(11)13(17)18/h3-5,7-8H,1,6H2,2H3,(H,15,16)(H,17,18). The fourth-order valence-corrected chi connectivity index (χ4v) is 1.69. The molecule has 0 aliphatic heterocycles. The molecule has 1 amide bonds. The number of aromatic carboxylic acids is 1. The van der Waals surface area contributed by atoms with Gasteiger partial charge in [-0.3, -0.25) is 4.79 Å². The van der Waals surface area contributed by atoms with Crippen LogP contribution in [0.4, 0.5) is 0 Å². The third-order valence-corrected chi connectivity index (χ3v) is 2.76. The summed E-state index contributed by atoms with van der Waals surface area (Å²) in [5.41, 5.74) is -0.00209. The zero-order chi connectivity index (χ0) is 14.4. The van der Waals surface area contributed by atoms with E-state index >= 15 is 0 Å². The number of carboxylic acids is 1. The van der Waals surface area contributed by atoms with Gasteiger partial charge in [-0.25, -0.2) is 4.79 Å². The van der Waals surface area contributed by atoms with Crippen LogP contribution in [0.15, 0.2) is 35.3 Å². The summed E-state index contributed by atoms with van der Waals surface area (Å²) in [6.45, 7) is 5.36. The zero-order valence-electron chi connectivity index (χ0n) is 10.4. The van der Waals surface area contributed by atoms with E-state index < -0.39 is 12.1 Å². The van der Waals surface area contributed by atoms with Crippen LogP contribution in [0, 0.1) is 0 Å². The number of carboxylic acid groups (broad SMARTS) is 1. The van der Waals surface area contributed by atoms with E-state index in [1.54, 1.807) is 19.1 Å². The largest absolute Gasteiger partial charge is 0.480 e. The zero-order valence-corrected chi connectivity index (χ0v) is 11.9.